The summed E-state index contributed by atoms with van der Waals surface area (Å²) >= 11 is 11.9. The zero-order chi connectivity index (χ0) is 15.6. The number of rotatable bonds is 4. The van der Waals surface area contributed by atoms with Crippen LogP contribution in [0.2, 0.25) is 10.0 Å². The van der Waals surface area contributed by atoms with Crippen molar-refractivity contribution in [2.75, 3.05) is 13.1 Å². The molecule has 1 heterocycles. The summed E-state index contributed by atoms with van der Waals surface area (Å²) in [6.07, 6.45) is 1.67. The van der Waals surface area contributed by atoms with E-state index in [0.29, 0.717) is 13.0 Å². The standard InChI is InChI=1S/C13H16Cl2N2O3S/c14-10-4-1-5-11(13(10)15)21(19,20)17-6-2-3-9(8-17)7-12(16)18/h1,4-5,9H,2-3,6-8H2,(H2,16,18). The van der Waals surface area contributed by atoms with Crippen molar-refractivity contribution in [3.63, 3.8) is 0 Å². The lowest BCUT2D eigenvalue weighted by Crippen LogP contribution is -2.41. The highest BCUT2D eigenvalue weighted by Crippen LogP contribution is 2.33. The van der Waals surface area contributed by atoms with Gasteiger partial charge in [-0.25, -0.2) is 8.42 Å². The molecule has 5 nitrogen and oxygen atoms in total. The van der Waals surface area contributed by atoms with Crippen molar-refractivity contribution in [1.82, 2.24) is 4.31 Å². The first-order valence-electron chi connectivity index (χ1n) is 6.55. The topological polar surface area (TPSA) is 80.5 Å². The summed E-state index contributed by atoms with van der Waals surface area (Å²) in [5.41, 5.74) is 5.19. The van der Waals surface area contributed by atoms with Gasteiger partial charge < -0.3 is 5.73 Å². The second-order valence-corrected chi connectivity index (χ2v) is 7.79. The average Bonchev–Trinajstić information content (AvgIpc) is 2.41. The van der Waals surface area contributed by atoms with Crippen molar-refractivity contribution in [3.05, 3.63) is 28.2 Å². The Labute approximate surface area is 134 Å². The van der Waals surface area contributed by atoms with Gasteiger partial charge in [0.1, 0.15) is 4.90 Å². The van der Waals surface area contributed by atoms with Crippen molar-refractivity contribution in [3.8, 4) is 0 Å². The van der Waals surface area contributed by atoms with Gasteiger partial charge in [-0.3, -0.25) is 4.79 Å². The van der Waals surface area contributed by atoms with E-state index in [1.165, 1.54) is 16.4 Å². The minimum atomic E-state index is -3.72. The third-order valence-electron chi connectivity index (χ3n) is 3.51. The molecule has 0 aromatic heterocycles. The molecule has 1 fully saturated rings. The van der Waals surface area contributed by atoms with Crippen molar-refractivity contribution in [1.29, 1.82) is 0 Å². The van der Waals surface area contributed by atoms with Crippen molar-refractivity contribution in [2.24, 2.45) is 11.7 Å². The summed E-state index contributed by atoms with van der Waals surface area (Å²) < 4.78 is 26.7. The smallest absolute Gasteiger partial charge is 0.244 e. The summed E-state index contributed by atoms with van der Waals surface area (Å²) in [5, 5.41) is 0.222. The second-order valence-electron chi connectivity index (χ2n) is 5.09. The fraction of sp³-hybridized carbons (Fsp3) is 0.462. The molecule has 0 saturated carbocycles. The van der Waals surface area contributed by atoms with Gasteiger partial charge in [0.05, 0.1) is 10.0 Å². The molecule has 0 bridgehead atoms. The van der Waals surface area contributed by atoms with Crippen LogP contribution in [0.25, 0.3) is 0 Å². The number of nitrogens with zero attached hydrogens (tertiary/aromatic N) is 1. The summed E-state index contributed by atoms with van der Waals surface area (Å²) in [7, 11) is -3.72. The third kappa shape index (κ3) is 3.69. The monoisotopic (exact) mass is 350 g/mol. The van der Waals surface area contributed by atoms with Crippen LogP contribution in [0.1, 0.15) is 19.3 Å². The number of hydrogen-bond acceptors (Lipinski definition) is 3. The lowest BCUT2D eigenvalue weighted by molar-refractivity contribution is -0.119. The molecule has 1 aromatic rings. The average molecular weight is 351 g/mol. The van der Waals surface area contributed by atoms with Crippen molar-refractivity contribution < 1.29 is 13.2 Å². The summed E-state index contributed by atoms with van der Waals surface area (Å²) in [4.78, 5) is 11.0. The van der Waals surface area contributed by atoms with E-state index >= 15 is 0 Å². The molecule has 116 valence electrons. The minimum absolute atomic E-state index is 0.00334. The maximum Gasteiger partial charge on any atom is 0.244 e. The molecule has 1 aliphatic heterocycles. The molecular formula is C13H16Cl2N2O3S. The molecule has 0 radical (unpaired) electrons. The van der Waals surface area contributed by atoms with Gasteiger partial charge in [0, 0.05) is 19.5 Å². The number of halogens is 2. The molecule has 2 rings (SSSR count). The van der Waals surface area contributed by atoms with E-state index in [1.54, 1.807) is 6.07 Å². The third-order valence-corrected chi connectivity index (χ3v) is 6.34. The van der Waals surface area contributed by atoms with E-state index in [0.717, 1.165) is 6.42 Å². The van der Waals surface area contributed by atoms with Crippen LogP contribution in [0.15, 0.2) is 23.1 Å². The Kier molecular flexibility index (Phi) is 5.14. The van der Waals surface area contributed by atoms with Gasteiger partial charge in [0.25, 0.3) is 0 Å². The molecule has 1 aliphatic rings. The van der Waals surface area contributed by atoms with E-state index in [2.05, 4.69) is 0 Å². The van der Waals surface area contributed by atoms with Crippen molar-refractivity contribution in [2.45, 2.75) is 24.2 Å². The van der Waals surface area contributed by atoms with Gasteiger partial charge >= 0.3 is 0 Å². The molecule has 8 heteroatoms. The lowest BCUT2D eigenvalue weighted by atomic mass is 9.96. The Balaban J connectivity index is 2.27. The number of piperidine rings is 1. The van der Waals surface area contributed by atoms with Gasteiger partial charge in [-0.15, -0.1) is 0 Å². The molecular weight excluding hydrogens is 335 g/mol. The zero-order valence-electron chi connectivity index (χ0n) is 11.3. The van der Waals surface area contributed by atoms with E-state index < -0.39 is 15.9 Å². The Morgan fingerprint density at radius 2 is 2.10 bits per heavy atom. The number of nitrogens with two attached hydrogens (primary N) is 1. The van der Waals surface area contributed by atoms with Crippen LogP contribution in [0.5, 0.6) is 0 Å². The van der Waals surface area contributed by atoms with Crippen molar-refractivity contribution >= 4 is 39.1 Å². The molecule has 2 N–H and O–H groups in total. The summed E-state index contributed by atoms with van der Waals surface area (Å²) in [5.74, 6) is -0.468. The first kappa shape index (κ1) is 16.5. The van der Waals surface area contributed by atoms with Crippen LogP contribution in [0.4, 0.5) is 0 Å². The summed E-state index contributed by atoms with van der Waals surface area (Å²) in [6.45, 7) is 0.675. The number of sulfonamides is 1. The molecule has 1 unspecified atom stereocenters. The van der Waals surface area contributed by atoms with Crippen LogP contribution in [0.3, 0.4) is 0 Å². The fourth-order valence-corrected chi connectivity index (χ4v) is 4.81. The number of carbonyl (C=O) groups excluding carboxylic acids is 1. The molecule has 1 aromatic carbocycles. The largest absolute Gasteiger partial charge is 0.370 e. The Morgan fingerprint density at radius 1 is 1.38 bits per heavy atom. The highest BCUT2D eigenvalue weighted by molar-refractivity contribution is 7.89. The molecule has 21 heavy (non-hydrogen) atoms. The van der Waals surface area contributed by atoms with Gasteiger partial charge in [0.2, 0.25) is 15.9 Å². The quantitative estimate of drug-likeness (QED) is 0.904. The summed E-state index contributed by atoms with van der Waals surface area (Å²) in [6, 6.07) is 4.52. The number of amides is 1. The SMILES string of the molecule is NC(=O)CC1CCCN(S(=O)(=O)c2cccc(Cl)c2Cl)C1. The fourth-order valence-electron chi connectivity index (χ4n) is 2.52. The first-order chi connectivity index (χ1) is 9.82. The maximum absolute atomic E-state index is 12.7. The molecule has 0 spiro atoms. The number of primary amides is 1. The Bertz CT molecular complexity index is 649. The predicted octanol–water partition coefficient (Wildman–Crippen LogP) is 2.27. The van der Waals surface area contributed by atoms with E-state index in [-0.39, 0.29) is 33.8 Å². The predicted molar refractivity (Wildman–Crippen MR) is 81.8 cm³/mol. The van der Waals surface area contributed by atoms with Gasteiger partial charge in [-0.1, -0.05) is 29.3 Å². The van der Waals surface area contributed by atoms with E-state index in [9.17, 15) is 13.2 Å². The lowest BCUT2D eigenvalue weighted by Gasteiger charge is -2.31. The molecule has 1 amide bonds. The van der Waals surface area contributed by atoms with Crippen LogP contribution in [-0.4, -0.2) is 31.7 Å². The number of hydrogen-bond donors (Lipinski definition) is 1. The first-order valence-corrected chi connectivity index (χ1v) is 8.74. The zero-order valence-corrected chi connectivity index (χ0v) is 13.6. The number of benzene rings is 1. The molecule has 0 aliphatic carbocycles. The minimum Gasteiger partial charge on any atom is -0.370 e. The number of carbonyl (C=O) groups is 1. The van der Waals surface area contributed by atoms with Gasteiger partial charge in [0.15, 0.2) is 0 Å². The second kappa shape index (κ2) is 6.52. The van der Waals surface area contributed by atoms with E-state index in [1.807, 2.05) is 0 Å². The highest BCUT2D eigenvalue weighted by Gasteiger charge is 2.32. The Morgan fingerprint density at radius 3 is 2.76 bits per heavy atom. The van der Waals surface area contributed by atoms with Crippen LogP contribution in [0, 0.1) is 5.92 Å². The normalized spacial score (nSPS) is 20.4. The van der Waals surface area contributed by atoms with Crippen LogP contribution >= 0.6 is 23.2 Å². The van der Waals surface area contributed by atoms with Gasteiger partial charge in [-0.2, -0.15) is 4.31 Å². The maximum atomic E-state index is 12.7. The van der Waals surface area contributed by atoms with Crippen LogP contribution < -0.4 is 5.73 Å². The van der Waals surface area contributed by atoms with Gasteiger partial charge in [-0.05, 0) is 30.9 Å². The highest BCUT2D eigenvalue weighted by atomic mass is 35.5. The molecule has 1 atom stereocenters. The van der Waals surface area contributed by atoms with Crippen LogP contribution in [-0.2, 0) is 14.8 Å². The molecule has 1 saturated heterocycles. The Hall–Kier alpha value is -0.820. The van der Waals surface area contributed by atoms with E-state index in [4.69, 9.17) is 28.9 Å².